The number of aliphatic hydroxyl groups excluding tert-OH is 1. The summed E-state index contributed by atoms with van der Waals surface area (Å²) in [7, 11) is -1.84. The van der Waals surface area contributed by atoms with E-state index in [0.29, 0.717) is 0 Å². The van der Waals surface area contributed by atoms with Crippen molar-refractivity contribution in [3.05, 3.63) is 0 Å². The monoisotopic (exact) mass is 197 g/mol. The molecule has 0 heterocycles. The molecular weight excluding hydrogens is 182 g/mol. The smallest absolute Gasteiger partial charge is 0.213 e. The highest BCUT2D eigenvalue weighted by Crippen LogP contribution is 1.85. The lowest BCUT2D eigenvalue weighted by molar-refractivity contribution is 0.197. The molecule has 0 amide bonds. The maximum Gasteiger partial charge on any atom is 0.213 e. The van der Waals surface area contributed by atoms with E-state index in [2.05, 4.69) is 9.46 Å². The third kappa shape index (κ3) is 6.53. The molecule has 0 saturated carbocycles. The average Bonchev–Trinajstić information content (AvgIpc) is 1.98. The minimum atomic E-state index is -3.27. The number of hydrogen-bond donors (Lipinski definition) is 2. The predicted octanol–water partition coefficient (Wildman–Crippen LogP) is -1.07. The second-order valence-electron chi connectivity index (χ2n) is 2.51. The van der Waals surface area contributed by atoms with Crippen molar-refractivity contribution in [3.63, 3.8) is 0 Å². The van der Waals surface area contributed by atoms with Gasteiger partial charge < -0.3 is 9.84 Å². The van der Waals surface area contributed by atoms with Crippen molar-refractivity contribution in [2.24, 2.45) is 0 Å². The van der Waals surface area contributed by atoms with Crippen LogP contribution in [0.25, 0.3) is 0 Å². The van der Waals surface area contributed by atoms with Gasteiger partial charge in [-0.05, 0) is 6.92 Å². The molecule has 0 fully saturated rings. The molecule has 1 atom stereocenters. The Balaban J connectivity index is 3.73. The van der Waals surface area contributed by atoms with Crippen LogP contribution in [0.1, 0.15) is 6.92 Å². The third-order valence-corrected chi connectivity index (χ3v) is 2.47. The molecule has 0 radical (unpaired) electrons. The largest absolute Gasteiger partial charge is 0.392 e. The highest BCUT2D eigenvalue weighted by molar-refractivity contribution is 7.89. The molecule has 0 aliphatic rings. The number of ether oxygens (including phenoxy) is 1. The molecule has 0 aliphatic carbocycles. The molecule has 0 spiro atoms. The Labute approximate surface area is 72.8 Å². The molecule has 0 rings (SSSR count). The Morgan fingerprint density at radius 3 is 2.58 bits per heavy atom. The van der Waals surface area contributed by atoms with Gasteiger partial charge in [0.1, 0.15) is 0 Å². The van der Waals surface area contributed by atoms with E-state index in [-0.39, 0.29) is 18.9 Å². The summed E-state index contributed by atoms with van der Waals surface area (Å²) < 4.78 is 28.8. The van der Waals surface area contributed by atoms with E-state index in [0.717, 1.165) is 0 Å². The average molecular weight is 197 g/mol. The maximum atomic E-state index is 11.0. The first-order valence-corrected chi connectivity index (χ1v) is 5.27. The van der Waals surface area contributed by atoms with Crippen molar-refractivity contribution in [1.29, 1.82) is 0 Å². The normalized spacial score (nSPS) is 14.6. The maximum absolute atomic E-state index is 11.0. The van der Waals surface area contributed by atoms with E-state index < -0.39 is 16.1 Å². The fourth-order valence-electron chi connectivity index (χ4n) is 0.513. The molecule has 0 unspecified atom stereocenters. The molecule has 0 aromatic rings. The Morgan fingerprint density at radius 2 is 2.17 bits per heavy atom. The molecule has 0 aromatic carbocycles. The standard InChI is InChI=1S/C6H15NO4S/c1-6(8)5-7-12(9,10)4-3-11-2/h6-8H,3-5H2,1-2H3/t6-/m0/s1. The van der Waals surface area contributed by atoms with Crippen LogP contribution in [-0.4, -0.2) is 45.6 Å². The zero-order chi connectivity index (χ0) is 9.61. The lowest BCUT2D eigenvalue weighted by atomic mass is 10.4. The molecule has 0 bridgehead atoms. The van der Waals surface area contributed by atoms with E-state index >= 15 is 0 Å². The van der Waals surface area contributed by atoms with Gasteiger partial charge in [-0.15, -0.1) is 0 Å². The molecule has 0 aliphatic heterocycles. The van der Waals surface area contributed by atoms with Gasteiger partial charge in [0.15, 0.2) is 0 Å². The van der Waals surface area contributed by atoms with Crippen molar-refractivity contribution in [2.45, 2.75) is 13.0 Å². The van der Waals surface area contributed by atoms with Crippen LogP contribution in [0.4, 0.5) is 0 Å². The zero-order valence-corrected chi connectivity index (χ0v) is 8.10. The summed E-state index contributed by atoms with van der Waals surface area (Å²) in [6, 6.07) is 0. The van der Waals surface area contributed by atoms with Gasteiger partial charge in [-0.2, -0.15) is 0 Å². The molecule has 0 aromatic heterocycles. The van der Waals surface area contributed by atoms with Crippen LogP contribution >= 0.6 is 0 Å². The van der Waals surface area contributed by atoms with E-state index in [9.17, 15) is 8.42 Å². The second-order valence-corrected chi connectivity index (χ2v) is 4.44. The van der Waals surface area contributed by atoms with Crippen molar-refractivity contribution in [2.75, 3.05) is 26.0 Å². The van der Waals surface area contributed by atoms with Gasteiger partial charge in [0.2, 0.25) is 10.0 Å². The van der Waals surface area contributed by atoms with Crippen molar-refractivity contribution < 1.29 is 18.3 Å². The number of sulfonamides is 1. The van der Waals surface area contributed by atoms with Crippen molar-refractivity contribution in [3.8, 4) is 0 Å². The molecule has 6 heteroatoms. The van der Waals surface area contributed by atoms with E-state index in [4.69, 9.17) is 5.11 Å². The minimum absolute atomic E-state index is 0.0477. The number of aliphatic hydroxyl groups is 1. The van der Waals surface area contributed by atoms with Gasteiger partial charge in [0.25, 0.3) is 0 Å². The molecule has 74 valence electrons. The zero-order valence-electron chi connectivity index (χ0n) is 7.28. The van der Waals surface area contributed by atoms with Crippen molar-refractivity contribution in [1.82, 2.24) is 4.72 Å². The first kappa shape index (κ1) is 11.8. The predicted molar refractivity (Wildman–Crippen MR) is 45.3 cm³/mol. The molecule has 0 saturated heterocycles. The van der Waals surface area contributed by atoms with Gasteiger partial charge in [-0.3, -0.25) is 0 Å². The summed E-state index contributed by atoms with van der Waals surface area (Å²) in [5, 5.41) is 8.78. The molecular formula is C6H15NO4S. The number of methoxy groups -OCH3 is 1. The lowest BCUT2D eigenvalue weighted by Gasteiger charge is -2.07. The van der Waals surface area contributed by atoms with E-state index in [1.54, 1.807) is 0 Å². The summed E-state index contributed by atoms with van der Waals surface area (Å²) in [5.74, 6) is -0.0732. The lowest BCUT2D eigenvalue weighted by Crippen LogP contribution is -2.33. The topological polar surface area (TPSA) is 75.6 Å². The van der Waals surface area contributed by atoms with Gasteiger partial charge in [0, 0.05) is 13.7 Å². The van der Waals surface area contributed by atoms with Crippen LogP contribution in [0.5, 0.6) is 0 Å². The fraction of sp³-hybridized carbons (Fsp3) is 1.00. The Bertz CT molecular complexity index is 200. The molecule has 12 heavy (non-hydrogen) atoms. The summed E-state index contributed by atoms with van der Waals surface area (Å²) in [4.78, 5) is 0. The van der Waals surface area contributed by atoms with E-state index in [1.807, 2.05) is 0 Å². The number of rotatable bonds is 6. The van der Waals surface area contributed by atoms with Crippen LogP contribution in [-0.2, 0) is 14.8 Å². The minimum Gasteiger partial charge on any atom is -0.392 e. The fourth-order valence-corrected chi connectivity index (χ4v) is 1.54. The van der Waals surface area contributed by atoms with Gasteiger partial charge in [-0.25, -0.2) is 13.1 Å². The van der Waals surface area contributed by atoms with Gasteiger partial charge >= 0.3 is 0 Å². The van der Waals surface area contributed by atoms with Crippen molar-refractivity contribution >= 4 is 10.0 Å². The number of hydrogen-bond acceptors (Lipinski definition) is 4. The number of nitrogens with one attached hydrogen (secondary N) is 1. The highest BCUT2D eigenvalue weighted by atomic mass is 32.2. The molecule has 2 N–H and O–H groups in total. The van der Waals surface area contributed by atoms with Crippen LogP contribution in [0.2, 0.25) is 0 Å². The quantitative estimate of drug-likeness (QED) is 0.568. The van der Waals surface area contributed by atoms with Gasteiger partial charge in [-0.1, -0.05) is 0 Å². The first-order chi connectivity index (χ1) is 5.48. The van der Waals surface area contributed by atoms with Gasteiger partial charge in [0.05, 0.1) is 18.5 Å². The molecule has 5 nitrogen and oxygen atoms in total. The summed E-state index contributed by atoms with van der Waals surface area (Å²) in [6.07, 6.45) is -0.665. The summed E-state index contributed by atoms with van der Waals surface area (Å²) >= 11 is 0. The SMILES string of the molecule is COCCS(=O)(=O)NC[C@H](C)O. The Kier molecular flexibility index (Phi) is 5.39. The van der Waals surface area contributed by atoms with Crippen LogP contribution < -0.4 is 4.72 Å². The first-order valence-electron chi connectivity index (χ1n) is 3.62. The van der Waals surface area contributed by atoms with E-state index in [1.165, 1.54) is 14.0 Å². The Morgan fingerprint density at radius 1 is 1.58 bits per heavy atom. The van der Waals surface area contributed by atoms with Crippen LogP contribution in [0.3, 0.4) is 0 Å². The Hall–Kier alpha value is -0.170. The van der Waals surface area contributed by atoms with Crippen LogP contribution in [0, 0.1) is 0 Å². The third-order valence-electron chi connectivity index (χ3n) is 1.15. The van der Waals surface area contributed by atoms with Crippen LogP contribution in [0.15, 0.2) is 0 Å². The summed E-state index contributed by atoms with van der Waals surface area (Å²) in [6.45, 7) is 1.72. The summed E-state index contributed by atoms with van der Waals surface area (Å²) in [5.41, 5.74) is 0. The highest BCUT2D eigenvalue weighted by Gasteiger charge is 2.09. The second kappa shape index (κ2) is 5.47.